The number of hydrogen-bond donors (Lipinski definition) is 1. The lowest BCUT2D eigenvalue weighted by atomic mass is 9.95. The van der Waals surface area contributed by atoms with E-state index in [4.69, 9.17) is 4.74 Å². The topological polar surface area (TPSA) is 38.3 Å². The number of benzene rings is 2. The lowest BCUT2D eigenvalue weighted by Gasteiger charge is -2.22. The minimum atomic E-state index is -0.919. The van der Waals surface area contributed by atoms with Crippen molar-refractivity contribution in [3.05, 3.63) is 65.7 Å². The summed E-state index contributed by atoms with van der Waals surface area (Å²) in [5, 5.41) is 3.63. The van der Waals surface area contributed by atoms with Crippen LogP contribution in [0.1, 0.15) is 36.6 Å². The quantitative estimate of drug-likeness (QED) is 0.866. The van der Waals surface area contributed by atoms with Crippen molar-refractivity contribution >= 4 is 10.8 Å². The van der Waals surface area contributed by atoms with Gasteiger partial charge in [-0.15, -0.1) is 0 Å². The lowest BCUT2D eigenvalue weighted by Crippen LogP contribution is -2.27. The van der Waals surface area contributed by atoms with Gasteiger partial charge in [0, 0.05) is 47.1 Å². The van der Waals surface area contributed by atoms with Gasteiger partial charge >= 0.3 is 0 Å². The molecular formula is C20H25NO2S. The molecule has 2 aromatic rings. The molecule has 1 heterocycles. The first kappa shape index (κ1) is 17.3. The predicted molar refractivity (Wildman–Crippen MR) is 98.4 cm³/mol. The third-order valence-electron chi connectivity index (χ3n) is 4.74. The van der Waals surface area contributed by atoms with Gasteiger partial charge in [-0.2, -0.15) is 0 Å². The lowest BCUT2D eigenvalue weighted by molar-refractivity contribution is 0.0899. The monoisotopic (exact) mass is 343 g/mol. The normalized spacial score (nSPS) is 23.1. The highest BCUT2D eigenvalue weighted by Gasteiger charge is 2.29. The summed E-state index contributed by atoms with van der Waals surface area (Å²) in [4.78, 5) is 0.874. The molecule has 3 nitrogen and oxygen atoms in total. The van der Waals surface area contributed by atoms with Crippen LogP contribution in [0, 0.1) is 5.92 Å². The van der Waals surface area contributed by atoms with E-state index < -0.39 is 10.8 Å². The fourth-order valence-corrected chi connectivity index (χ4v) is 3.77. The molecule has 2 aromatic carbocycles. The Morgan fingerprint density at radius 2 is 1.88 bits per heavy atom. The van der Waals surface area contributed by atoms with Gasteiger partial charge in [0.05, 0.1) is 6.10 Å². The maximum absolute atomic E-state index is 11.5. The van der Waals surface area contributed by atoms with Crippen molar-refractivity contribution in [1.82, 2.24) is 5.32 Å². The van der Waals surface area contributed by atoms with E-state index in [-0.39, 0.29) is 12.1 Å². The summed E-state index contributed by atoms with van der Waals surface area (Å²) in [6.07, 6.45) is 2.99. The molecule has 4 heteroatoms. The van der Waals surface area contributed by atoms with E-state index in [1.165, 1.54) is 11.1 Å². The van der Waals surface area contributed by atoms with E-state index >= 15 is 0 Å². The molecule has 0 spiro atoms. The van der Waals surface area contributed by atoms with E-state index in [1.807, 2.05) is 18.2 Å². The van der Waals surface area contributed by atoms with Gasteiger partial charge in [-0.3, -0.25) is 4.21 Å². The van der Waals surface area contributed by atoms with E-state index in [1.54, 1.807) is 6.26 Å². The zero-order valence-corrected chi connectivity index (χ0v) is 15.1. The van der Waals surface area contributed by atoms with Crippen LogP contribution >= 0.6 is 0 Å². The summed E-state index contributed by atoms with van der Waals surface area (Å²) in [6, 6.07) is 18.8. The number of nitrogens with one attached hydrogen (secondary N) is 1. The third kappa shape index (κ3) is 4.12. The molecule has 0 aliphatic carbocycles. The Morgan fingerprint density at radius 3 is 2.54 bits per heavy atom. The van der Waals surface area contributed by atoms with Crippen LogP contribution in [0.3, 0.4) is 0 Å². The molecule has 1 aliphatic heterocycles. The second-order valence-corrected chi connectivity index (χ2v) is 7.78. The number of ether oxygens (including phenoxy) is 1. The molecule has 0 saturated carbocycles. The van der Waals surface area contributed by atoms with E-state index in [0.29, 0.717) is 5.92 Å². The summed E-state index contributed by atoms with van der Waals surface area (Å²) in [7, 11) is -0.919. The van der Waals surface area contributed by atoms with Crippen LogP contribution in [0.25, 0.3) is 0 Å². The van der Waals surface area contributed by atoms with Crippen LogP contribution in [0.5, 0.6) is 0 Å². The van der Waals surface area contributed by atoms with Gasteiger partial charge in [-0.05, 0) is 36.6 Å². The molecule has 24 heavy (non-hydrogen) atoms. The molecule has 0 unspecified atom stereocenters. The first-order chi connectivity index (χ1) is 11.6. The van der Waals surface area contributed by atoms with Gasteiger partial charge in [-0.25, -0.2) is 0 Å². The Morgan fingerprint density at radius 1 is 1.17 bits per heavy atom. The molecule has 1 N–H and O–H groups in total. The fourth-order valence-electron chi connectivity index (χ4n) is 3.25. The van der Waals surface area contributed by atoms with Gasteiger partial charge in [0.2, 0.25) is 0 Å². The molecule has 3 rings (SSSR count). The minimum absolute atomic E-state index is 0.191. The summed E-state index contributed by atoms with van der Waals surface area (Å²) in [5.74, 6) is 0.497. The summed E-state index contributed by atoms with van der Waals surface area (Å²) < 4.78 is 17.4. The maximum Gasteiger partial charge on any atom is 0.0866 e. The largest absolute Gasteiger partial charge is 0.373 e. The van der Waals surface area contributed by atoms with Crippen LogP contribution in [-0.4, -0.2) is 23.6 Å². The summed E-state index contributed by atoms with van der Waals surface area (Å²) in [5.41, 5.74) is 2.49. The van der Waals surface area contributed by atoms with Crippen molar-refractivity contribution in [2.45, 2.75) is 30.4 Å². The highest BCUT2D eigenvalue weighted by Crippen LogP contribution is 2.34. The van der Waals surface area contributed by atoms with Crippen molar-refractivity contribution in [2.24, 2.45) is 5.92 Å². The molecule has 0 amide bonds. The van der Waals surface area contributed by atoms with Gasteiger partial charge in [0.1, 0.15) is 0 Å². The second kappa shape index (κ2) is 8.06. The van der Waals surface area contributed by atoms with Crippen molar-refractivity contribution in [3.8, 4) is 0 Å². The van der Waals surface area contributed by atoms with E-state index in [0.717, 1.165) is 24.5 Å². The molecule has 0 aromatic heterocycles. The SMILES string of the molecule is C[C@H](NC[C@@H]1CCO[C@@H]1c1ccccc1)c1ccc([S@@](C)=O)cc1. The smallest absolute Gasteiger partial charge is 0.0866 e. The summed E-state index contributed by atoms with van der Waals surface area (Å²) >= 11 is 0. The van der Waals surface area contributed by atoms with Crippen molar-refractivity contribution in [2.75, 3.05) is 19.4 Å². The summed E-state index contributed by atoms with van der Waals surface area (Å²) in [6.45, 7) is 3.94. The average Bonchev–Trinajstić information content (AvgIpc) is 3.09. The minimum Gasteiger partial charge on any atom is -0.373 e. The zero-order chi connectivity index (χ0) is 16.9. The van der Waals surface area contributed by atoms with Crippen molar-refractivity contribution < 1.29 is 8.95 Å². The Bertz CT molecular complexity index is 672. The molecular weight excluding hydrogens is 318 g/mol. The standard InChI is InChI=1S/C20H25NO2S/c1-15(16-8-10-19(11-9-16)24(2)22)21-14-18-12-13-23-20(18)17-6-4-3-5-7-17/h3-11,15,18,20-21H,12-14H2,1-2H3/t15-,18-,20+,24+/m0/s1. The van der Waals surface area contributed by atoms with Gasteiger partial charge in [0.25, 0.3) is 0 Å². The molecule has 0 bridgehead atoms. The molecule has 4 atom stereocenters. The molecule has 1 aliphatic rings. The van der Waals surface area contributed by atoms with Crippen LogP contribution in [0.15, 0.2) is 59.5 Å². The van der Waals surface area contributed by atoms with E-state index in [9.17, 15) is 4.21 Å². The molecule has 1 fully saturated rings. The Labute approximate surface area is 146 Å². The molecule has 128 valence electrons. The average molecular weight is 343 g/mol. The van der Waals surface area contributed by atoms with Crippen LogP contribution in [0.2, 0.25) is 0 Å². The molecule has 0 radical (unpaired) electrons. The fraction of sp³-hybridized carbons (Fsp3) is 0.400. The van der Waals surface area contributed by atoms with Gasteiger partial charge in [0.15, 0.2) is 0 Å². The highest BCUT2D eigenvalue weighted by atomic mass is 32.2. The zero-order valence-electron chi connectivity index (χ0n) is 14.3. The second-order valence-electron chi connectivity index (χ2n) is 6.40. The van der Waals surface area contributed by atoms with Crippen LogP contribution < -0.4 is 5.32 Å². The highest BCUT2D eigenvalue weighted by molar-refractivity contribution is 7.84. The first-order valence-electron chi connectivity index (χ1n) is 8.48. The number of rotatable bonds is 6. The Kier molecular flexibility index (Phi) is 5.82. The molecule has 1 saturated heterocycles. The van der Waals surface area contributed by atoms with Crippen molar-refractivity contribution in [1.29, 1.82) is 0 Å². The maximum atomic E-state index is 11.5. The Balaban J connectivity index is 1.59. The van der Waals surface area contributed by atoms with Crippen LogP contribution in [0.4, 0.5) is 0 Å². The van der Waals surface area contributed by atoms with Crippen LogP contribution in [-0.2, 0) is 15.5 Å². The van der Waals surface area contributed by atoms with Crippen molar-refractivity contribution in [3.63, 3.8) is 0 Å². The predicted octanol–water partition coefficient (Wildman–Crippen LogP) is 3.85. The van der Waals surface area contributed by atoms with E-state index in [2.05, 4.69) is 48.6 Å². The Hall–Kier alpha value is -1.49. The van der Waals surface area contributed by atoms with Gasteiger partial charge in [-0.1, -0.05) is 42.5 Å². The third-order valence-corrected chi connectivity index (χ3v) is 5.68. The van der Waals surface area contributed by atoms with Gasteiger partial charge < -0.3 is 10.1 Å². The first-order valence-corrected chi connectivity index (χ1v) is 10.0. The number of hydrogen-bond acceptors (Lipinski definition) is 3.